The van der Waals surface area contributed by atoms with Crippen molar-refractivity contribution in [3.8, 4) is 0 Å². The minimum Gasteiger partial charge on any atom is -0.308 e. The Labute approximate surface area is 115 Å². The van der Waals surface area contributed by atoms with E-state index in [2.05, 4.69) is 34.4 Å². The summed E-state index contributed by atoms with van der Waals surface area (Å²) >= 11 is 1.74. The Kier molecular flexibility index (Phi) is 5.60. The fraction of sp³-hybridized carbons (Fsp3) is 0.786. The summed E-state index contributed by atoms with van der Waals surface area (Å²) in [5, 5.41) is 6.98. The van der Waals surface area contributed by atoms with Crippen LogP contribution < -0.4 is 5.32 Å². The smallest absolute Gasteiger partial charge is 0.0897 e. The summed E-state index contributed by atoms with van der Waals surface area (Å²) in [6.45, 7) is 9.07. The summed E-state index contributed by atoms with van der Waals surface area (Å²) in [5.41, 5.74) is 1.20. The molecule has 0 spiro atoms. The molecule has 2 rings (SSSR count). The third-order valence-corrected chi connectivity index (χ3v) is 4.48. The van der Waals surface area contributed by atoms with Crippen LogP contribution in [0, 0.1) is 6.92 Å². The Morgan fingerprint density at radius 2 is 2.22 bits per heavy atom. The Morgan fingerprint density at radius 1 is 1.44 bits per heavy atom. The third-order valence-electron chi connectivity index (χ3n) is 3.65. The van der Waals surface area contributed by atoms with Crippen LogP contribution in [0.5, 0.6) is 0 Å². The van der Waals surface area contributed by atoms with Crippen LogP contribution in [0.2, 0.25) is 0 Å². The zero-order valence-corrected chi connectivity index (χ0v) is 12.4. The summed E-state index contributed by atoms with van der Waals surface area (Å²) in [6.07, 6.45) is 5.22. The lowest BCUT2D eigenvalue weighted by Gasteiger charge is -2.32. The summed E-state index contributed by atoms with van der Waals surface area (Å²) in [5.74, 6) is 0. The molecule has 0 radical (unpaired) electrons. The molecule has 0 saturated carbocycles. The molecule has 1 N–H and O–H groups in total. The molecule has 4 heteroatoms. The number of hydrogen-bond acceptors (Lipinski definition) is 4. The summed E-state index contributed by atoms with van der Waals surface area (Å²) < 4.78 is 0. The normalized spacial score (nSPS) is 18.3. The van der Waals surface area contributed by atoms with E-state index in [0.717, 1.165) is 6.54 Å². The largest absolute Gasteiger partial charge is 0.308 e. The second-order valence-electron chi connectivity index (χ2n) is 5.21. The average molecular weight is 267 g/mol. The Bertz CT molecular complexity index is 343. The highest BCUT2D eigenvalue weighted by Crippen LogP contribution is 2.13. The van der Waals surface area contributed by atoms with Crippen LogP contribution in [0.15, 0.2) is 5.38 Å². The summed E-state index contributed by atoms with van der Waals surface area (Å²) in [7, 11) is 0. The minimum atomic E-state index is 0.685. The molecule has 1 fully saturated rings. The summed E-state index contributed by atoms with van der Waals surface area (Å²) in [4.78, 5) is 7.10. The zero-order chi connectivity index (χ0) is 12.8. The topological polar surface area (TPSA) is 28.2 Å². The minimum absolute atomic E-state index is 0.685. The summed E-state index contributed by atoms with van der Waals surface area (Å²) in [6, 6.07) is 0.685. The number of hydrogen-bond donors (Lipinski definition) is 1. The van der Waals surface area contributed by atoms with Crippen LogP contribution in [-0.2, 0) is 6.54 Å². The lowest BCUT2D eigenvalue weighted by Crippen LogP contribution is -2.42. The number of rotatable bonds is 6. The number of aryl methyl sites for hydroxylation is 1. The molecule has 1 aliphatic rings. The SMILES string of the molecule is CCCCN1CCC(NCc2csc(C)n2)CC1. The van der Waals surface area contributed by atoms with Crippen molar-refractivity contribution in [2.75, 3.05) is 19.6 Å². The first-order valence-corrected chi connectivity index (χ1v) is 8.02. The van der Waals surface area contributed by atoms with Crippen LogP contribution in [0.4, 0.5) is 0 Å². The molecule has 1 aliphatic heterocycles. The monoisotopic (exact) mass is 267 g/mol. The van der Waals surface area contributed by atoms with E-state index in [1.807, 2.05) is 0 Å². The highest BCUT2D eigenvalue weighted by Gasteiger charge is 2.18. The van der Waals surface area contributed by atoms with Gasteiger partial charge >= 0.3 is 0 Å². The van der Waals surface area contributed by atoms with E-state index in [-0.39, 0.29) is 0 Å². The van der Waals surface area contributed by atoms with Crippen molar-refractivity contribution >= 4 is 11.3 Å². The predicted octanol–water partition coefficient (Wildman–Crippen LogP) is 2.81. The van der Waals surface area contributed by atoms with Gasteiger partial charge < -0.3 is 10.2 Å². The number of nitrogens with zero attached hydrogens (tertiary/aromatic N) is 2. The molecule has 0 aliphatic carbocycles. The number of nitrogens with one attached hydrogen (secondary N) is 1. The van der Waals surface area contributed by atoms with Crippen LogP contribution in [0.3, 0.4) is 0 Å². The molecular weight excluding hydrogens is 242 g/mol. The first-order chi connectivity index (χ1) is 8.78. The number of piperidine rings is 1. The second-order valence-corrected chi connectivity index (χ2v) is 6.27. The fourth-order valence-corrected chi connectivity index (χ4v) is 3.09. The van der Waals surface area contributed by atoms with Crippen molar-refractivity contribution in [2.24, 2.45) is 0 Å². The predicted molar refractivity (Wildman–Crippen MR) is 78.1 cm³/mol. The fourth-order valence-electron chi connectivity index (χ4n) is 2.48. The molecule has 3 nitrogen and oxygen atoms in total. The highest BCUT2D eigenvalue weighted by atomic mass is 32.1. The number of aromatic nitrogens is 1. The Morgan fingerprint density at radius 3 is 2.83 bits per heavy atom. The van der Waals surface area contributed by atoms with Crippen LogP contribution in [0.25, 0.3) is 0 Å². The molecule has 102 valence electrons. The maximum Gasteiger partial charge on any atom is 0.0897 e. The van der Waals surface area contributed by atoms with Crippen LogP contribution >= 0.6 is 11.3 Å². The van der Waals surface area contributed by atoms with Crippen LogP contribution in [0.1, 0.15) is 43.3 Å². The number of likely N-dealkylation sites (tertiary alicyclic amines) is 1. The van der Waals surface area contributed by atoms with Crippen molar-refractivity contribution in [1.82, 2.24) is 15.2 Å². The highest BCUT2D eigenvalue weighted by molar-refractivity contribution is 7.09. The maximum atomic E-state index is 4.50. The van der Waals surface area contributed by atoms with E-state index in [1.165, 1.54) is 56.0 Å². The van der Waals surface area contributed by atoms with Gasteiger partial charge in [-0.3, -0.25) is 0 Å². The molecule has 1 aromatic rings. The zero-order valence-electron chi connectivity index (χ0n) is 11.6. The molecule has 0 aromatic carbocycles. The van der Waals surface area contributed by atoms with Crippen molar-refractivity contribution in [2.45, 2.75) is 52.1 Å². The second kappa shape index (κ2) is 7.22. The first kappa shape index (κ1) is 14.0. The molecule has 18 heavy (non-hydrogen) atoms. The first-order valence-electron chi connectivity index (χ1n) is 7.14. The van der Waals surface area contributed by atoms with Crippen molar-refractivity contribution in [3.05, 3.63) is 16.1 Å². The van der Waals surface area contributed by atoms with Gasteiger partial charge in [0.05, 0.1) is 10.7 Å². The molecule has 0 bridgehead atoms. The van der Waals surface area contributed by atoms with E-state index >= 15 is 0 Å². The molecule has 0 unspecified atom stereocenters. The molecule has 2 heterocycles. The Hall–Kier alpha value is -0.450. The number of unbranched alkanes of at least 4 members (excludes halogenated alkanes) is 1. The van der Waals surface area contributed by atoms with E-state index in [9.17, 15) is 0 Å². The van der Waals surface area contributed by atoms with Crippen LogP contribution in [-0.4, -0.2) is 35.6 Å². The van der Waals surface area contributed by atoms with Gasteiger partial charge in [-0.05, 0) is 45.8 Å². The van der Waals surface area contributed by atoms with Gasteiger partial charge in [0.15, 0.2) is 0 Å². The van der Waals surface area contributed by atoms with Gasteiger partial charge in [-0.15, -0.1) is 11.3 Å². The lowest BCUT2D eigenvalue weighted by molar-refractivity contribution is 0.195. The van der Waals surface area contributed by atoms with Gasteiger partial charge in [-0.2, -0.15) is 0 Å². The van der Waals surface area contributed by atoms with Gasteiger partial charge in [-0.25, -0.2) is 4.98 Å². The van der Waals surface area contributed by atoms with Gasteiger partial charge in [0, 0.05) is 18.0 Å². The quantitative estimate of drug-likeness (QED) is 0.859. The molecule has 0 atom stereocenters. The Balaban J connectivity index is 1.64. The van der Waals surface area contributed by atoms with Crippen molar-refractivity contribution in [1.29, 1.82) is 0 Å². The molecule has 1 aromatic heterocycles. The van der Waals surface area contributed by atoms with Crippen molar-refractivity contribution in [3.63, 3.8) is 0 Å². The maximum absolute atomic E-state index is 4.50. The standard InChI is InChI=1S/C14H25N3S/c1-3-4-7-17-8-5-13(6-9-17)15-10-14-11-18-12(2)16-14/h11,13,15H,3-10H2,1-2H3. The molecular formula is C14H25N3S. The van der Waals surface area contributed by atoms with Gasteiger partial charge in [0.25, 0.3) is 0 Å². The number of thiazole rings is 1. The van der Waals surface area contributed by atoms with E-state index in [4.69, 9.17) is 0 Å². The molecule has 0 amide bonds. The van der Waals surface area contributed by atoms with E-state index in [1.54, 1.807) is 11.3 Å². The average Bonchev–Trinajstić information content (AvgIpc) is 2.81. The van der Waals surface area contributed by atoms with Crippen molar-refractivity contribution < 1.29 is 0 Å². The van der Waals surface area contributed by atoms with E-state index in [0.29, 0.717) is 6.04 Å². The lowest BCUT2D eigenvalue weighted by atomic mass is 10.0. The molecule has 1 saturated heterocycles. The van der Waals surface area contributed by atoms with Gasteiger partial charge in [0.2, 0.25) is 0 Å². The van der Waals surface area contributed by atoms with Gasteiger partial charge in [-0.1, -0.05) is 13.3 Å². The van der Waals surface area contributed by atoms with Gasteiger partial charge in [0.1, 0.15) is 0 Å². The third kappa shape index (κ3) is 4.34. The van der Waals surface area contributed by atoms with E-state index < -0.39 is 0 Å².